The van der Waals surface area contributed by atoms with Crippen molar-refractivity contribution in [3.8, 4) is 5.75 Å². The van der Waals surface area contributed by atoms with Crippen LogP contribution in [-0.4, -0.2) is 0 Å². The smallest absolute Gasteiger partial charge is 0.149 e. The molecule has 1 aliphatic rings. The van der Waals surface area contributed by atoms with E-state index < -0.39 is 0 Å². The van der Waals surface area contributed by atoms with Gasteiger partial charge in [0.1, 0.15) is 11.9 Å². The van der Waals surface area contributed by atoms with Crippen molar-refractivity contribution in [3.63, 3.8) is 0 Å². The van der Waals surface area contributed by atoms with Crippen LogP contribution in [0, 0.1) is 0 Å². The molecule has 0 saturated carbocycles. The Kier molecular flexibility index (Phi) is 3.24. The highest BCUT2D eigenvalue weighted by Gasteiger charge is 2.25. The number of rotatable bonds is 2. The summed E-state index contributed by atoms with van der Waals surface area (Å²) < 4.78 is 6.32. The van der Waals surface area contributed by atoms with E-state index in [0.717, 1.165) is 11.3 Å². The third-order valence-corrected chi connectivity index (χ3v) is 3.97. The zero-order valence-corrected chi connectivity index (χ0v) is 12.1. The van der Waals surface area contributed by atoms with Gasteiger partial charge in [-0.1, -0.05) is 78.9 Å². The van der Waals surface area contributed by atoms with Gasteiger partial charge in [0.25, 0.3) is 0 Å². The molecule has 1 nitrogen and oxygen atoms in total. The Morgan fingerprint density at radius 2 is 1.27 bits per heavy atom. The van der Waals surface area contributed by atoms with Crippen LogP contribution in [0.3, 0.4) is 0 Å². The Labute approximate surface area is 130 Å². The molecule has 0 amide bonds. The van der Waals surface area contributed by atoms with E-state index in [1.807, 2.05) is 30.3 Å². The summed E-state index contributed by atoms with van der Waals surface area (Å²) in [5, 5.41) is 0. The summed E-state index contributed by atoms with van der Waals surface area (Å²) in [7, 11) is 0. The second kappa shape index (κ2) is 5.53. The van der Waals surface area contributed by atoms with Crippen molar-refractivity contribution in [3.05, 3.63) is 102 Å². The van der Waals surface area contributed by atoms with Crippen LogP contribution < -0.4 is 4.74 Å². The van der Waals surface area contributed by atoms with Crippen molar-refractivity contribution in [1.82, 2.24) is 0 Å². The number of benzene rings is 3. The molecular formula is C21H16O. The molecule has 1 aliphatic heterocycles. The quantitative estimate of drug-likeness (QED) is 0.615. The molecule has 0 bridgehead atoms. The maximum atomic E-state index is 6.32. The minimum Gasteiger partial charge on any atom is -0.480 e. The molecule has 1 atom stereocenters. The zero-order chi connectivity index (χ0) is 14.8. The molecule has 1 heterocycles. The molecule has 0 spiro atoms. The third kappa shape index (κ3) is 2.31. The zero-order valence-electron chi connectivity index (χ0n) is 12.1. The van der Waals surface area contributed by atoms with Gasteiger partial charge in [-0.25, -0.2) is 0 Å². The molecule has 0 fully saturated rings. The fraction of sp³-hybridized carbons (Fsp3) is 0.0476. The highest BCUT2D eigenvalue weighted by Crippen LogP contribution is 2.41. The van der Waals surface area contributed by atoms with Crippen LogP contribution in [-0.2, 0) is 0 Å². The molecule has 0 radical (unpaired) electrons. The number of ether oxygens (including phenoxy) is 1. The van der Waals surface area contributed by atoms with Gasteiger partial charge in [-0.15, -0.1) is 0 Å². The van der Waals surface area contributed by atoms with Gasteiger partial charge < -0.3 is 4.74 Å². The van der Waals surface area contributed by atoms with Gasteiger partial charge in [0.15, 0.2) is 0 Å². The van der Waals surface area contributed by atoms with Crippen LogP contribution in [0.1, 0.15) is 22.8 Å². The molecule has 1 heteroatoms. The average molecular weight is 284 g/mol. The lowest BCUT2D eigenvalue weighted by molar-refractivity contribution is 0.261. The molecule has 0 aliphatic carbocycles. The van der Waals surface area contributed by atoms with Crippen LogP contribution in [0.4, 0.5) is 0 Å². The molecular weight excluding hydrogens is 268 g/mol. The van der Waals surface area contributed by atoms with E-state index in [0.29, 0.717) is 0 Å². The van der Waals surface area contributed by atoms with Crippen molar-refractivity contribution in [2.75, 3.05) is 0 Å². The second-order valence-electron chi connectivity index (χ2n) is 5.41. The maximum Gasteiger partial charge on any atom is 0.149 e. The summed E-state index contributed by atoms with van der Waals surface area (Å²) in [5.41, 5.74) is 4.71. The van der Waals surface area contributed by atoms with Crippen molar-refractivity contribution in [1.29, 1.82) is 0 Å². The predicted octanol–water partition coefficient (Wildman–Crippen LogP) is 5.36. The Hall–Kier alpha value is -2.80. The molecule has 0 aromatic heterocycles. The first-order valence-electron chi connectivity index (χ1n) is 7.49. The number of para-hydroxylation sites is 1. The predicted molar refractivity (Wildman–Crippen MR) is 90.6 cm³/mol. The normalized spacial score (nSPS) is 16.4. The van der Waals surface area contributed by atoms with Crippen LogP contribution in [0.5, 0.6) is 5.75 Å². The Morgan fingerprint density at radius 1 is 0.636 bits per heavy atom. The minimum absolute atomic E-state index is 0.0708. The lowest BCUT2D eigenvalue weighted by atomic mass is 9.91. The fourth-order valence-electron chi connectivity index (χ4n) is 2.88. The maximum absolute atomic E-state index is 6.32. The highest BCUT2D eigenvalue weighted by atomic mass is 16.5. The molecule has 3 aromatic carbocycles. The Morgan fingerprint density at radius 3 is 2.05 bits per heavy atom. The summed E-state index contributed by atoms with van der Waals surface area (Å²) in [4.78, 5) is 0. The van der Waals surface area contributed by atoms with Crippen molar-refractivity contribution < 1.29 is 4.74 Å². The standard InChI is InChI=1S/C21H16O/c1-3-9-16(10-4-1)19-15-18-13-7-8-14-20(18)22-21(19)17-11-5-2-6-12-17/h1-15,21H. The number of hydrogen-bond acceptors (Lipinski definition) is 1. The lowest BCUT2D eigenvalue weighted by Crippen LogP contribution is -2.14. The molecule has 3 aromatic rings. The summed E-state index contributed by atoms with van der Waals surface area (Å²) >= 11 is 0. The van der Waals surface area contributed by atoms with E-state index in [2.05, 4.69) is 60.7 Å². The van der Waals surface area contributed by atoms with Crippen molar-refractivity contribution in [2.24, 2.45) is 0 Å². The fourth-order valence-corrected chi connectivity index (χ4v) is 2.88. The van der Waals surface area contributed by atoms with Gasteiger partial charge in [0, 0.05) is 11.1 Å². The first-order chi connectivity index (χ1) is 10.9. The topological polar surface area (TPSA) is 9.23 Å². The van der Waals surface area contributed by atoms with Crippen LogP contribution in [0.25, 0.3) is 11.6 Å². The van der Waals surface area contributed by atoms with E-state index in [9.17, 15) is 0 Å². The van der Waals surface area contributed by atoms with E-state index in [4.69, 9.17) is 4.74 Å². The largest absolute Gasteiger partial charge is 0.480 e. The van der Waals surface area contributed by atoms with E-state index >= 15 is 0 Å². The monoisotopic (exact) mass is 284 g/mol. The molecule has 0 N–H and O–H groups in total. The Bertz CT molecular complexity index is 804. The van der Waals surface area contributed by atoms with Crippen molar-refractivity contribution in [2.45, 2.75) is 6.10 Å². The van der Waals surface area contributed by atoms with Crippen molar-refractivity contribution >= 4 is 11.6 Å². The van der Waals surface area contributed by atoms with Gasteiger partial charge in [-0.3, -0.25) is 0 Å². The first-order valence-corrected chi connectivity index (χ1v) is 7.49. The molecule has 4 rings (SSSR count). The molecule has 106 valence electrons. The van der Waals surface area contributed by atoms with Gasteiger partial charge in [0.05, 0.1) is 0 Å². The molecule has 22 heavy (non-hydrogen) atoms. The minimum atomic E-state index is -0.0708. The van der Waals surface area contributed by atoms with E-state index in [1.54, 1.807) is 0 Å². The van der Waals surface area contributed by atoms with E-state index in [-0.39, 0.29) is 6.10 Å². The molecule has 0 saturated heterocycles. The van der Waals surface area contributed by atoms with Gasteiger partial charge in [0.2, 0.25) is 0 Å². The third-order valence-electron chi connectivity index (χ3n) is 3.97. The Balaban J connectivity index is 1.87. The number of fused-ring (bicyclic) bond motifs is 1. The summed E-state index contributed by atoms with van der Waals surface area (Å²) in [6, 6.07) is 29.0. The molecule has 1 unspecified atom stereocenters. The summed E-state index contributed by atoms with van der Waals surface area (Å²) in [5.74, 6) is 0.941. The second-order valence-corrected chi connectivity index (χ2v) is 5.41. The van der Waals surface area contributed by atoms with E-state index in [1.165, 1.54) is 16.7 Å². The summed E-state index contributed by atoms with van der Waals surface area (Å²) in [6.07, 6.45) is 2.17. The first kappa shape index (κ1) is 12.9. The lowest BCUT2D eigenvalue weighted by Gasteiger charge is -2.28. The summed E-state index contributed by atoms with van der Waals surface area (Å²) in [6.45, 7) is 0. The van der Waals surface area contributed by atoms with Gasteiger partial charge in [-0.2, -0.15) is 0 Å². The highest BCUT2D eigenvalue weighted by molar-refractivity contribution is 5.87. The van der Waals surface area contributed by atoms with Crippen LogP contribution in [0.2, 0.25) is 0 Å². The van der Waals surface area contributed by atoms with Crippen LogP contribution >= 0.6 is 0 Å². The number of hydrogen-bond donors (Lipinski definition) is 0. The van der Waals surface area contributed by atoms with Gasteiger partial charge in [-0.05, 0) is 23.3 Å². The van der Waals surface area contributed by atoms with Crippen LogP contribution in [0.15, 0.2) is 84.9 Å². The average Bonchev–Trinajstić information content (AvgIpc) is 2.62. The SMILES string of the molecule is C1=C(c2ccccc2)C(c2ccccc2)Oc2ccccc21. The van der Waals surface area contributed by atoms with Gasteiger partial charge >= 0.3 is 0 Å².